The van der Waals surface area contributed by atoms with E-state index in [1.54, 1.807) is 11.3 Å². The van der Waals surface area contributed by atoms with Crippen LogP contribution in [0.1, 0.15) is 17.3 Å². The van der Waals surface area contributed by atoms with Gasteiger partial charge in [-0.3, -0.25) is 0 Å². The van der Waals surface area contributed by atoms with Gasteiger partial charge in [0.25, 0.3) is 0 Å². The van der Waals surface area contributed by atoms with Crippen molar-refractivity contribution in [2.24, 2.45) is 5.73 Å². The lowest BCUT2D eigenvalue weighted by atomic mass is 10.2. The van der Waals surface area contributed by atoms with Crippen LogP contribution in [0.5, 0.6) is 0 Å². The molecule has 0 aliphatic carbocycles. The van der Waals surface area contributed by atoms with Crippen molar-refractivity contribution in [3.05, 3.63) is 19.2 Å². The predicted molar refractivity (Wildman–Crippen MR) is 65.6 cm³/mol. The summed E-state index contributed by atoms with van der Waals surface area (Å²) < 4.78 is 2.07. The van der Waals surface area contributed by atoms with E-state index in [4.69, 9.17) is 10.8 Å². The summed E-state index contributed by atoms with van der Waals surface area (Å²) in [4.78, 5) is 1.09. The van der Waals surface area contributed by atoms with Gasteiger partial charge in [-0.05, 0) is 44.3 Å². The van der Waals surface area contributed by atoms with Gasteiger partial charge in [-0.1, -0.05) is 0 Å². The quantitative estimate of drug-likeness (QED) is 0.879. The van der Waals surface area contributed by atoms with Crippen LogP contribution >= 0.6 is 55.6 Å². The maximum Gasteiger partial charge on any atom is 0.0843 e. The van der Waals surface area contributed by atoms with Crippen molar-refractivity contribution in [2.75, 3.05) is 6.61 Å². The van der Waals surface area contributed by atoms with Gasteiger partial charge in [0, 0.05) is 22.0 Å². The van der Waals surface area contributed by atoms with Gasteiger partial charge in [0.1, 0.15) is 0 Å². The first kappa shape index (κ1) is 13.9. The Balaban J connectivity index is 0.00000144. The van der Waals surface area contributed by atoms with Crippen molar-refractivity contribution in [3.63, 3.8) is 0 Å². The second-order valence-electron chi connectivity index (χ2n) is 2.39. The summed E-state index contributed by atoms with van der Waals surface area (Å²) in [7, 11) is 0. The molecule has 0 spiro atoms. The summed E-state index contributed by atoms with van der Waals surface area (Å²) in [5, 5.41) is 8.68. The van der Waals surface area contributed by atoms with Crippen LogP contribution in [-0.2, 0) is 0 Å². The van der Waals surface area contributed by atoms with Crippen LogP contribution in [0.15, 0.2) is 14.3 Å². The van der Waals surface area contributed by atoms with Crippen LogP contribution in [0.3, 0.4) is 0 Å². The van der Waals surface area contributed by atoms with E-state index in [0.29, 0.717) is 6.42 Å². The Morgan fingerprint density at radius 3 is 2.54 bits per heavy atom. The van der Waals surface area contributed by atoms with Crippen molar-refractivity contribution in [1.29, 1.82) is 0 Å². The maximum atomic E-state index is 8.68. The Morgan fingerprint density at radius 1 is 1.54 bits per heavy atom. The minimum absolute atomic E-state index is 0. The van der Waals surface area contributed by atoms with Crippen molar-refractivity contribution in [3.8, 4) is 0 Å². The molecule has 0 aromatic carbocycles. The second-order valence-corrected chi connectivity index (χ2v) is 5.65. The monoisotopic (exact) mass is 349 g/mol. The number of rotatable bonds is 3. The zero-order valence-electron chi connectivity index (χ0n) is 6.67. The first-order chi connectivity index (χ1) is 5.65. The van der Waals surface area contributed by atoms with Crippen molar-refractivity contribution in [1.82, 2.24) is 0 Å². The molecule has 0 saturated carbocycles. The second kappa shape index (κ2) is 6.37. The highest BCUT2D eigenvalue weighted by Gasteiger charge is 2.10. The number of hydrogen-bond acceptors (Lipinski definition) is 3. The Morgan fingerprint density at radius 2 is 2.15 bits per heavy atom. The molecule has 76 valence electrons. The number of nitrogens with two attached hydrogens (primary N) is 1. The van der Waals surface area contributed by atoms with E-state index >= 15 is 0 Å². The minimum Gasteiger partial charge on any atom is -0.396 e. The van der Waals surface area contributed by atoms with Crippen LogP contribution in [0.4, 0.5) is 0 Å². The van der Waals surface area contributed by atoms with E-state index in [9.17, 15) is 0 Å². The lowest BCUT2D eigenvalue weighted by Gasteiger charge is -2.05. The van der Waals surface area contributed by atoms with E-state index in [-0.39, 0.29) is 25.1 Å². The van der Waals surface area contributed by atoms with Crippen molar-refractivity contribution >= 4 is 55.6 Å². The lowest BCUT2D eigenvalue weighted by molar-refractivity contribution is 0.277. The average molecular weight is 351 g/mol. The first-order valence-corrected chi connectivity index (χ1v) is 5.86. The highest BCUT2D eigenvalue weighted by atomic mass is 79.9. The molecule has 1 heterocycles. The smallest absolute Gasteiger partial charge is 0.0843 e. The molecule has 0 amide bonds. The fourth-order valence-corrected chi connectivity index (χ4v) is 2.95. The van der Waals surface area contributed by atoms with Crippen molar-refractivity contribution in [2.45, 2.75) is 12.5 Å². The number of aliphatic hydroxyl groups excluding tert-OH is 1. The molecule has 1 atom stereocenters. The van der Waals surface area contributed by atoms with Gasteiger partial charge in [0.05, 0.1) is 3.79 Å². The summed E-state index contributed by atoms with van der Waals surface area (Å²) in [5.74, 6) is 0. The summed E-state index contributed by atoms with van der Waals surface area (Å²) in [6, 6.07) is 1.93. The third kappa shape index (κ3) is 3.85. The van der Waals surface area contributed by atoms with E-state index in [2.05, 4.69) is 31.9 Å². The van der Waals surface area contributed by atoms with E-state index in [1.165, 1.54) is 0 Å². The summed E-state index contributed by atoms with van der Waals surface area (Å²) >= 11 is 8.37. The Bertz CT molecular complexity index is 249. The molecule has 0 aliphatic rings. The zero-order valence-corrected chi connectivity index (χ0v) is 11.5. The summed E-state index contributed by atoms with van der Waals surface area (Å²) in [5.41, 5.74) is 5.80. The molecular formula is C7H10Br2ClNOS. The largest absolute Gasteiger partial charge is 0.396 e. The van der Waals surface area contributed by atoms with Gasteiger partial charge in [-0.2, -0.15) is 0 Å². The number of halogens is 3. The molecular weight excluding hydrogens is 341 g/mol. The minimum atomic E-state index is -0.0531. The molecule has 1 rings (SSSR count). The van der Waals surface area contributed by atoms with Crippen LogP contribution in [0, 0.1) is 0 Å². The number of aliphatic hydroxyl groups is 1. The zero-order chi connectivity index (χ0) is 9.14. The maximum absolute atomic E-state index is 8.68. The predicted octanol–water partition coefficient (Wildman–Crippen LogP) is 3.08. The topological polar surface area (TPSA) is 46.2 Å². The molecule has 0 radical (unpaired) electrons. The molecule has 13 heavy (non-hydrogen) atoms. The molecule has 0 bridgehead atoms. The van der Waals surface area contributed by atoms with Gasteiger partial charge < -0.3 is 10.8 Å². The molecule has 1 aromatic heterocycles. The molecule has 1 unspecified atom stereocenters. The molecule has 6 heteroatoms. The molecule has 0 fully saturated rings. The standard InChI is InChI=1S/C7H9Br2NOS.ClH/c8-4-3-6(12-7(4)9)5(10)1-2-11;/h3,5,11H,1-2,10H2;1H. The van der Waals surface area contributed by atoms with Gasteiger partial charge in [-0.25, -0.2) is 0 Å². The molecule has 1 aromatic rings. The normalized spacial score (nSPS) is 12.3. The van der Waals surface area contributed by atoms with Gasteiger partial charge >= 0.3 is 0 Å². The third-order valence-electron chi connectivity index (χ3n) is 1.47. The molecule has 0 saturated heterocycles. The first-order valence-electron chi connectivity index (χ1n) is 3.46. The van der Waals surface area contributed by atoms with Gasteiger partial charge in [-0.15, -0.1) is 23.7 Å². The van der Waals surface area contributed by atoms with Gasteiger partial charge in [0.2, 0.25) is 0 Å². The highest BCUT2D eigenvalue weighted by molar-refractivity contribution is 9.13. The molecule has 0 aliphatic heterocycles. The fraction of sp³-hybridized carbons (Fsp3) is 0.429. The Labute approximate surface area is 104 Å². The summed E-state index contributed by atoms with van der Waals surface area (Å²) in [6.45, 7) is 0.133. The molecule has 2 nitrogen and oxygen atoms in total. The van der Waals surface area contributed by atoms with E-state index < -0.39 is 0 Å². The fourth-order valence-electron chi connectivity index (χ4n) is 0.827. The van der Waals surface area contributed by atoms with Gasteiger partial charge in [0.15, 0.2) is 0 Å². The SMILES string of the molecule is Cl.NC(CCO)c1cc(Br)c(Br)s1. The van der Waals surface area contributed by atoms with Crippen LogP contribution in [0.25, 0.3) is 0 Å². The number of hydrogen-bond donors (Lipinski definition) is 2. The summed E-state index contributed by atoms with van der Waals surface area (Å²) in [6.07, 6.45) is 0.611. The van der Waals surface area contributed by atoms with Crippen molar-refractivity contribution < 1.29 is 5.11 Å². The third-order valence-corrected chi connectivity index (χ3v) is 4.86. The average Bonchev–Trinajstić information content (AvgIpc) is 2.33. The van der Waals surface area contributed by atoms with E-state index in [1.807, 2.05) is 6.07 Å². The van der Waals surface area contributed by atoms with Crippen LogP contribution in [0.2, 0.25) is 0 Å². The Hall–Kier alpha value is 0.870. The van der Waals surface area contributed by atoms with E-state index in [0.717, 1.165) is 13.1 Å². The molecule has 3 N–H and O–H groups in total. The number of thiophene rings is 1. The van der Waals surface area contributed by atoms with Crippen LogP contribution in [-0.4, -0.2) is 11.7 Å². The highest BCUT2D eigenvalue weighted by Crippen LogP contribution is 2.35. The van der Waals surface area contributed by atoms with Crippen LogP contribution < -0.4 is 5.73 Å². The lowest BCUT2D eigenvalue weighted by Crippen LogP contribution is -2.09. The Kier molecular flexibility index (Phi) is 6.80.